The molecular formula is C16H29NO3. The average Bonchev–Trinajstić information content (AvgIpc) is 2.37. The third kappa shape index (κ3) is 7.31. The number of esters is 1. The van der Waals surface area contributed by atoms with Crippen LogP contribution in [-0.2, 0) is 14.3 Å². The van der Waals surface area contributed by atoms with Crippen molar-refractivity contribution in [2.24, 2.45) is 11.3 Å². The van der Waals surface area contributed by atoms with Crippen molar-refractivity contribution in [2.45, 2.75) is 53.4 Å². The van der Waals surface area contributed by atoms with Gasteiger partial charge in [0, 0.05) is 6.54 Å². The first kappa shape index (κ1) is 18.7. The van der Waals surface area contributed by atoms with E-state index in [1.165, 1.54) is 7.11 Å². The summed E-state index contributed by atoms with van der Waals surface area (Å²) in [6.07, 6.45) is 2.55. The van der Waals surface area contributed by atoms with Crippen LogP contribution in [0.1, 0.15) is 53.4 Å². The van der Waals surface area contributed by atoms with Gasteiger partial charge in [-0.1, -0.05) is 39.3 Å². The fourth-order valence-electron chi connectivity index (χ4n) is 2.08. The molecule has 0 aromatic carbocycles. The molecule has 0 spiro atoms. The molecule has 20 heavy (non-hydrogen) atoms. The normalized spacial score (nSPS) is 12.7. The Hall–Kier alpha value is -1.32. The Morgan fingerprint density at radius 2 is 1.85 bits per heavy atom. The van der Waals surface area contributed by atoms with Gasteiger partial charge in [-0.25, -0.2) is 0 Å². The maximum Gasteiger partial charge on any atom is 0.306 e. The number of hydrogen-bond acceptors (Lipinski definition) is 3. The summed E-state index contributed by atoms with van der Waals surface area (Å²) in [5.41, 5.74) is 1.19. The minimum atomic E-state index is -0.387. The lowest BCUT2D eigenvalue weighted by atomic mass is 9.81. The smallest absolute Gasteiger partial charge is 0.306 e. The Labute approximate surface area is 123 Å². The standard InChI is InChI=1S/C16H29NO3/c1-7-16(4,5)11-12(3)9-13(10-14(18)20-6)15(19)17-8-2/h13H,3,7-11H2,1-2,4-6H3,(H,17,19). The molecule has 4 nitrogen and oxygen atoms in total. The van der Waals surface area contributed by atoms with Gasteiger partial charge in [-0.05, 0) is 25.2 Å². The molecule has 0 fully saturated rings. The van der Waals surface area contributed by atoms with Crippen LogP contribution in [0.25, 0.3) is 0 Å². The zero-order valence-electron chi connectivity index (χ0n) is 13.5. The van der Waals surface area contributed by atoms with Crippen molar-refractivity contribution in [1.82, 2.24) is 5.32 Å². The molecule has 0 bridgehead atoms. The maximum atomic E-state index is 12.0. The summed E-state index contributed by atoms with van der Waals surface area (Å²) >= 11 is 0. The Morgan fingerprint density at radius 1 is 1.25 bits per heavy atom. The molecule has 0 aromatic heterocycles. The fourth-order valence-corrected chi connectivity index (χ4v) is 2.08. The Bertz CT molecular complexity index is 348. The highest BCUT2D eigenvalue weighted by molar-refractivity contribution is 5.83. The third-order valence-electron chi connectivity index (χ3n) is 3.58. The number of carbonyl (C=O) groups is 2. The first-order chi connectivity index (χ1) is 9.25. The van der Waals surface area contributed by atoms with Crippen LogP contribution >= 0.6 is 0 Å². The molecule has 0 aliphatic carbocycles. The van der Waals surface area contributed by atoms with E-state index in [1.807, 2.05) is 6.92 Å². The molecule has 116 valence electrons. The third-order valence-corrected chi connectivity index (χ3v) is 3.58. The number of amides is 1. The summed E-state index contributed by atoms with van der Waals surface area (Å²) in [4.78, 5) is 23.4. The molecule has 1 unspecified atom stereocenters. The fraction of sp³-hybridized carbons (Fsp3) is 0.750. The molecule has 1 amide bonds. The van der Waals surface area contributed by atoms with Crippen molar-refractivity contribution in [1.29, 1.82) is 0 Å². The van der Waals surface area contributed by atoms with Gasteiger partial charge in [0.05, 0.1) is 19.4 Å². The van der Waals surface area contributed by atoms with Crippen molar-refractivity contribution in [3.05, 3.63) is 12.2 Å². The second-order valence-corrected chi connectivity index (χ2v) is 6.02. The van der Waals surface area contributed by atoms with E-state index in [4.69, 9.17) is 0 Å². The van der Waals surface area contributed by atoms with Crippen molar-refractivity contribution in [2.75, 3.05) is 13.7 Å². The van der Waals surface area contributed by atoms with Gasteiger partial charge in [0.15, 0.2) is 0 Å². The molecule has 4 heteroatoms. The van der Waals surface area contributed by atoms with Gasteiger partial charge in [0.2, 0.25) is 5.91 Å². The summed E-state index contributed by atoms with van der Waals surface area (Å²) < 4.78 is 4.66. The van der Waals surface area contributed by atoms with Crippen LogP contribution in [0.3, 0.4) is 0 Å². The monoisotopic (exact) mass is 283 g/mol. The topological polar surface area (TPSA) is 55.4 Å². The van der Waals surface area contributed by atoms with Crippen LogP contribution < -0.4 is 5.32 Å². The Kier molecular flexibility index (Phi) is 8.19. The van der Waals surface area contributed by atoms with Gasteiger partial charge < -0.3 is 10.1 Å². The number of nitrogens with one attached hydrogen (secondary N) is 1. The summed E-state index contributed by atoms with van der Waals surface area (Å²) in [5, 5.41) is 2.77. The zero-order valence-corrected chi connectivity index (χ0v) is 13.5. The lowest BCUT2D eigenvalue weighted by Crippen LogP contribution is -2.32. The number of methoxy groups -OCH3 is 1. The quantitative estimate of drug-likeness (QED) is 0.522. The second kappa shape index (κ2) is 8.77. The highest BCUT2D eigenvalue weighted by Gasteiger charge is 2.25. The zero-order chi connectivity index (χ0) is 15.8. The molecule has 0 rings (SSSR count). The van der Waals surface area contributed by atoms with Crippen LogP contribution in [-0.4, -0.2) is 25.5 Å². The van der Waals surface area contributed by atoms with Crippen molar-refractivity contribution < 1.29 is 14.3 Å². The van der Waals surface area contributed by atoms with Gasteiger partial charge in [-0.2, -0.15) is 0 Å². The van der Waals surface area contributed by atoms with Crippen molar-refractivity contribution in [3.63, 3.8) is 0 Å². The molecule has 1 atom stereocenters. The van der Waals surface area contributed by atoms with E-state index < -0.39 is 0 Å². The molecule has 0 aliphatic heterocycles. The first-order valence-corrected chi connectivity index (χ1v) is 7.26. The predicted octanol–water partition coefficient (Wildman–Crippen LogP) is 3.07. The van der Waals surface area contributed by atoms with E-state index in [-0.39, 0.29) is 29.6 Å². The molecule has 0 saturated carbocycles. The van der Waals surface area contributed by atoms with Gasteiger partial charge >= 0.3 is 5.97 Å². The molecule has 0 heterocycles. The number of carbonyl (C=O) groups excluding carboxylic acids is 2. The second-order valence-electron chi connectivity index (χ2n) is 6.02. The summed E-state index contributed by atoms with van der Waals surface area (Å²) in [6.45, 7) is 13.0. The SMILES string of the molecule is C=C(CC(CC(=O)OC)C(=O)NCC)CC(C)(C)CC. The Morgan fingerprint density at radius 3 is 2.30 bits per heavy atom. The van der Waals surface area contributed by atoms with E-state index in [0.717, 1.165) is 18.4 Å². The number of rotatable bonds is 9. The van der Waals surface area contributed by atoms with Crippen LogP contribution in [0.5, 0.6) is 0 Å². The lowest BCUT2D eigenvalue weighted by Gasteiger charge is -2.25. The summed E-state index contributed by atoms with van der Waals surface area (Å²) in [6, 6.07) is 0. The largest absolute Gasteiger partial charge is 0.469 e. The van der Waals surface area contributed by atoms with Crippen LogP contribution in [0.4, 0.5) is 0 Å². The van der Waals surface area contributed by atoms with E-state index in [0.29, 0.717) is 13.0 Å². The van der Waals surface area contributed by atoms with Gasteiger partial charge in [-0.3, -0.25) is 9.59 Å². The number of ether oxygens (including phenoxy) is 1. The van der Waals surface area contributed by atoms with Gasteiger partial charge in [0.1, 0.15) is 0 Å². The minimum Gasteiger partial charge on any atom is -0.469 e. The average molecular weight is 283 g/mol. The van der Waals surface area contributed by atoms with Gasteiger partial charge in [-0.15, -0.1) is 0 Å². The highest BCUT2D eigenvalue weighted by atomic mass is 16.5. The van der Waals surface area contributed by atoms with Crippen molar-refractivity contribution in [3.8, 4) is 0 Å². The van der Waals surface area contributed by atoms with Crippen molar-refractivity contribution >= 4 is 11.9 Å². The minimum absolute atomic E-state index is 0.103. The summed E-state index contributed by atoms with van der Waals surface area (Å²) in [7, 11) is 1.34. The van der Waals surface area contributed by atoms with E-state index >= 15 is 0 Å². The molecule has 0 radical (unpaired) electrons. The first-order valence-electron chi connectivity index (χ1n) is 7.26. The van der Waals surface area contributed by atoms with Crippen LogP contribution in [0.15, 0.2) is 12.2 Å². The summed E-state index contributed by atoms with van der Waals surface area (Å²) in [5.74, 6) is -0.847. The van der Waals surface area contributed by atoms with E-state index in [2.05, 4.69) is 37.4 Å². The predicted molar refractivity (Wildman–Crippen MR) is 81.3 cm³/mol. The van der Waals surface area contributed by atoms with E-state index in [1.54, 1.807) is 0 Å². The highest BCUT2D eigenvalue weighted by Crippen LogP contribution is 2.31. The molecule has 0 aromatic rings. The van der Waals surface area contributed by atoms with Crippen LogP contribution in [0, 0.1) is 11.3 Å². The maximum absolute atomic E-state index is 12.0. The van der Waals surface area contributed by atoms with Gasteiger partial charge in [0.25, 0.3) is 0 Å². The number of allylic oxidation sites excluding steroid dienone is 1. The number of hydrogen-bond donors (Lipinski definition) is 1. The lowest BCUT2D eigenvalue weighted by molar-refractivity contribution is -0.144. The van der Waals surface area contributed by atoms with Crippen LogP contribution in [0.2, 0.25) is 0 Å². The molecule has 0 saturated heterocycles. The molecule has 1 N–H and O–H groups in total. The molecular weight excluding hydrogens is 254 g/mol. The van der Waals surface area contributed by atoms with E-state index in [9.17, 15) is 9.59 Å². The Balaban J connectivity index is 4.67. The molecule has 0 aliphatic rings.